The van der Waals surface area contributed by atoms with E-state index in [-0.39, 0.29) is 23.1 Å². The molecule has 0 amide bonds. The third-order valence-electron chi connectivity index (χ3n) is 1.95. The van der Waals surface area contributed by atoms with Gasteiger partial charge in [-0.2, -0.15) is 12.2 Å². The van der Waals surface area contributed by atoms with Gasteiger partial charge in [0, 0.05) is 0 Å². The van der Waals surface area contributed by atoms with E-state index in [0.717, 1.165) is 12.8 Å². The van der Waals surface area contributed by atoms with Crippen molar-refractivity contribution in [1.29, 1.82) is 0 Å². The monoisotopic (exact) mass is 182 g/mol. The fourth-order valence-electron chi connectivity index (χ4n) is 0.990. The molecule has 1 heteroatoms. The Morgan fingerprint density at radius 2 is 2.00 bits per heavy atom. The maximum Gasteiger partial charge on any atom is 2.00 e. The van der Waals surface area contributed by atoms with Gasteiger partial charge in [-0.05, 0) is 0 Å². The molecule has 0 spiro atoms. The number of hydrogen-bond acceptors (Lipinski definition) is 0. The Balaban J connectivity index is 0.000000215. The second kappa shape index (κ2) is 7.16. The summed E-state index contributed by atoms with van der Waals surface area (Å²) >= 11 is 0. The van der Waals surface area contributed by atoms with Crippen molar-refractivity contribution in [3.63, 3.8) is 0 Å². The molecule has 64 valence electrons. The van der Waals surface area contributed by atoms with Crippen molar-refractivity contribution in [2.45, 2.75) is 26.7 Å². The molecule has 0 aromatic heterocycles. The molecule has 13 heavy (non-hydrogen) atoms. The normalized spacial score (nSPS) is 17.1. The van der Waals surface area contributed by atoms with E-state index in [4.69, 9.17) is 0 Å². The number of rotatable bonds is 0. The molecule has 0 saturated heterocycles. The predicted molar refractivity (Wildman–Crippen MR) is 58.1 cm³/mol. The van der Waals surface area contributed by atoms with Crippen LogP contribution in [0, 0.1) is 12.2 Å². The molecule has 0 radical (unpaired) electrons. The molecule has 2 aliphatic carbocycles. The first-order valence-electron chi connectivity index (χ1n) is 4.27. The summed E-state index contributed by atoms with van der Waals surface area (Å²) in [5, 5.41) is 0. The average molecular weight is 183 g/mol. The van der Waals surface area contributed by atoms with E-state index in [0.29, 0.717) is 0 Å². The van der Waals surface area contributed by atoms with Crippen LogP contribution in [-0.4, -0.2) is 23.1 Å². The van der Waals surface area contributed by atoms with Crippen molar-refractivity contribution >= 4 is 23.1 Å². The zero-order chi connectivity index (χ0) is 8.81. The van der Waals surface area contributed by atoms with Crippen LogP contribution in [0.15, 0.2) is 35.5 Å². The summed E-state index contributed by atoms with van der Waals surface area (Å²) in [6.45, 7) is 4.22. The van der Waals surface area contributed by atoms with E-state index >= 15 is 0 Å². The van der Waals surface area contributed by atoms with Crippen LogP contribution in [-0.2, 0) is 0 Å². The fourth-order valence-corrected chi connectivity index (χ4v) is 0.990. The number of allylic oxidation sites excluding steroid dienone is 8. The minimum atomic E-state index is 0. The quantitative estimate of drug-likeness (QED) is 0.399. The van der Waals surface area contributed by atoms with Crippen LogP contribution in [0.5, 0.6) is 0 Å². The van der Waals surface area contributed by atoms with E-state index in [1.807, 2.05) is 12.2 Å². The zero-order valence-corrected chi connectivity index (χ0v) is 9.84. The molecule has 2 rings (SSSR count). The van der Waals surface area contributed by atoms with Crippen molar-refractivity contribution in [3.05, 3.63) is 47.6 Å². The second-order valence-corrected chi connectivity index (χ2v) is 2.90. The van der Waals surface area contributed by atoms with Crippen LogP contribution in [0.1, 0.15) is 26.7 Å². The molecule has 2 aliphatic rings. The second-order valence-electron chi connectivity index (χ2n) is 2.90. The Morgan fingerprint density at radius 1 is 1.23 bits per heavy atom. The first kappa shape index (κ1) is 12.7. The van der Waals surface area contributed by atoms with E-state index in [1.54, 1.807) is 0 Å². The maximum absolute atomic E-state index is 3.19. The van der Waals surface area contributed by atoms with Crippen LogP contribution < -0.4 is 0 Å². The summed E-state index contributed by atoms with van der Waals surface area (Å²) < 4.78 is 0. The van der Waals surface area contributed by atoms with Gasteiger partial charge < -0.3 is 0 Å². The first-order valence-corrected chi connectivity index (χ1v) is 4.27. The summed E-state index contributed by atoms with van der Waals surface area (Å²) in [7, 11) is 0. The SMILES string of the molecule is CC1=[C-]CC=C1C.[C-]1=CC=CC1.[Mg+2]. The molecule has 0 saturated carbocycles. The summed E-state index contributed by atoms with van der Waals surface area (Å²) in [4.78, 5) is 0. The molecule has 0 fully saturated rings. The van der Waals surface area contributed by atoms with Crippen LogP contribution >= 0.6 is 0 Å². The Kier molecular flexibility index (Phi) is 7.01. The fraction of sp³-hybridized carbons (Fsp3) is 0.333. The maximum atomic E-state index is 3.19. The average Bonchev–Trinajstić information content (AvgIpc) is 2.67. The van der Waals surface area contributed by atoms with Gasteiger partial charge >= 0.3 is 23.1 Å². The third-order valence-corrected chi connectivity index (χ3v) is 1.95. The first-order chi connectivity index (χ1) is 5.80. The summed E-state index contributed by atoms with van der Waals surface area (Å²) in [6.07, 6.45) is 16.4. The number of hydrogen-bond donors (Lipinski definition) is 0. The third kappa shape index (κ3) is 5.12. The van der Waals surface area contributed by atoms with E-state index in [2.05, 4.69) is 38.2 Å². The zero-order valence-electron chi connectivity index (χ0n) is 8.43. The van der Waals surface area contributed by atoms with E-state index in [1.165, 1.54) is 11.1 Å². The molecule has 0 aromatic rings. The van der Waals surface area contributed by atoms with Gasteiger partial charge in [0.25, 0.3) is 0 Å². The van der Waals surface area contributed by atoms with E-state index in [9.17, 15) is 0 Å². The molecule has 0 heterocycles. The molecule has 0 unspecified atom stereocenters. The van der Waals surface area contributed by atoms with Crippen LogP contribution in [0.25, 0.3) is 0 Å². The van der Waals surface area contributed by atoms with Crippen LogP contribution in [0.4, 0.5) is 0 Å². The minimum Gasteiger partial charge on any atom is -0.273 e. The molecular weight excluding hydrogens is 168 g/mol. The van der Waals surface area contributed by atoms with Crippen molar-refractivity contribution in [1.82, 2.24) is 0 Å². The van der Waals surface area contributed by atoms with Crippen molar-refractivity contribution in [3.8, 4) is 0 Å². The molecule has 0 N–H and O–H groups in total. The van der Waals surface area contributed by atoms with Gasteiger partial charge in [0.1, 0.15) is 0 Å². The minimum absolute atomic E-state index is 0. The van der Waals surface area contributed by atoms with Crippen LogP contribution in [0.3, 0.4) is 0 Å². The van der Waals surface area contributed by atoms with Gasteiger partial charge in [-0.1, -0.05) is 6.92 Å². The largest absolute Gasteiger partial charge is 2.00 e. The Labute approximate surface area is 97.3 Å². The Hall–Kier alpha value is -0.274. The smallest absolute Gasteiger partial charge is 0.273 e. The summed E-state index contributed by atoms with van der Waals surface area (Å²) in [5.41, 5.74) is 2.71. The Bertz CT molecular complexity index is 228. The molecule has 0 atom stereocenters. The summed E-state index contributed by atoms with van der Waals surface area (Å²) in [5.74, 6) is 0. The molecule has 0 aliphatic heterocycles. The van der Waals surface area contributed by atoms with Gasteiger partial charge in [0.05, 0.1) is 0 Å². The van der Waals surface area contributed by atoms with Crippen molar-refractivity contribution in [2.75, 3.05) is 0 Å². The standard InChI is InChI=1S/C7H9.C5H5.Mg/c1-6-4-3-5-7(6)2;1-2-4-5-3-1;/h4H,3H2,1-2H3;1-3H,4H2;/q2*-1;+2. The molecular formula is C12H14Mg. The van der Waals surface area contributed by atoms with Crippen molar-refractivity contribution in [2.24, 2.45) is 0 Å². The Morgan fingerprint density at radius 3 is 2.15 bits per heavy atom. The predicted octanol–water partition coefficient (Wildman–Crippen LogP) is 3.01. The van der Waals surface area contributed by atoms with Gasteiger partial charge in [-0.3, -0.25) is 12.2 Å². The molecule has 0 bridgehead atoms. The molecule has 0 aromatic carbocycles. The topological polar surface area (TPSA) is 0 Å². The van der Waals surface area contributed by atoms with Gasteiger partial charge in [0.2, 0.25) is 0 Å². The molecule has 0 nitrogen and oxygen atoms in total. The van der Waals surface area contributed by atoms with Crippen molar-refractivity contribution < 1.29 is 0 Å². The van der Waals surface area contributed by atoms with Gasteiger partial charge in [0.15, 0.2) is 0 Å². The van der Waals surface area contributed by atoms with Gasteiger partial charge in [-0.25, -0.2) is 23.3 Å². The summed E-state index contributed by atoms with van der Waals surface area (Å²) in [6, 6.07) is 0. The van der Waals surface area contributed by atoms with Gasteiger partial charge in [-0.15, -0.1) is 19.8 Å². The van der Waals surface area contributed by atoms with Crippen LogP contribution in [0.2, 0.25) is 0 Å². The van der Waals surface area contributed by atoms with E-state index < -0.39 is 0 Å².